The van der Waals surface area contributed by atoms with E-state index in [1.54, 1.807) is 0 Å². The van der Waals surface area contributed by atoms with Crippen molar-refractivity contribution in [2.24, 2.45) is 0 Å². The standard InChI is InChI=1S/C20H20F2N4O4/c1-23-18(27)10-3-5-11(6-4-10)25-20(29)26-17-13(9-24-19(17)28)16-14(21)7-12(30-2)8-15(16)22/h3-8,13,17H,9H2,1-2H3,(H,23,27)(H,24,28)(H2,25,26,29)/t13-,17-/m0/s1. The Morgan fingerprint density at radius 1 is 1.13 bits per heavy atom. The number of carbonyl (C=O) groups is 3. The molecule has 0 unspecified atom stereocenters. The highest BCUT2D eigenvalue weighted by Crippen LogP contribution is 2.31. The van der Waals surface area contributed by atoms with E-state index in [1.807, 2.05) is 0 Å². The van der Waals surface area contributed by atoms with Crippen molar-refractivity contribution in [2.45, 2.75) is 12.0 Å². The second-order valence-electron chi connectivity index (χ2n) is 6.59. The molecule has 30 heavy (non-hydrogen) atoms. The summed E-state index contributed by atoms with van der Waals surface area (Å²) in [4.78, 5) is 36.1. The van der Waals surface area contributed by atoms with Crippen LogP contribution in [0.4, 0.5) is 19.3 Å². The lowest BCUT2D eigenvalue weighted by Crippen LogP contribution is -2.45. The summed E-state index contributed by atoms with van der Waals surface area (Å²) < 4.78 is 33.7. The normalized spacial score (nSPS) is 17.8. The van der Waals surface area contributed by atoms with E-state index in [0.29, 0.717) is 11.3 Å². The van der Waals surface area contributed by atoms with E-state index >= 15 is 0 Å². The Morgan fingerprint density at radius 2 is 1.77 bits per heavy atom. The van der Waals surface area contributed by atoms with Crippen molar-refractivity contribution in [3.63, 3.8) is 0 Å². The Hall–Kier alpha value is -3.69. The van der Waals surface area contributed by atoms with Gasteiger partial charge in [-0.05, 0) is 24.3 Å². The number of anilines is 1. The summed E-state index contributed by atoms with van der Waals surface area (Å²) in [5.41, 5.74) is 0.468. The number of rotatable bonds is 5. The third-order valence-electron chi connectivity index (χ3n) is 4.76. The van der Waals surface area contributed by atoms with E-state index in [0.717, 1.165) is 12.1 Å². The van der Waals surface area contributed by atoms with Gasteiger partial charge in [0.15, 0.2) is 0 Å². The minimum atomic E-state index is -1.17. The highest BCUT2D eigenvalue weighted by Gasteiger charge is 2.40. The van der Waals surface area contributed by atoms with Gasteiger partial charge in [0.2, 0.25) is 5.91 Å². The summed E-state index contributed by atoms with van der Waals surface area (Å²) in [6.45, 7) is -0.0369. The minimum absolute atomic E-state index is 0.00786. The molecule has 4 N–H and O–H groups in total. The minimum Gasteiger partial charge on any atom is -0.497 e. The second-order valence-corrected chi connectivity index (χ2v) is 6.59. The summed E-state index contributed by atoms with van der Waals surface area (Å²) in [6.07, 6.45) is 0. The molecular formula is C20H20F2N4O4. The molecule has 0 spiro atoms. The zero-order chi connectivity index (χ0) is 21.8. The summed E-state index contributed by atoms with van der Waals surface area (Å²) in [6, 6.07) is 6.19. The molecule has 2 atom stereocenters. The van der Waals surface area contributed by atoms with Crippen molar-refractivity contribution in [3.05, 3.63) is 59.2 Å². The van der Waals surface area contributed by atoms with Crippen LogP contribution in [0.3, 0.4) is 0 Å². The van der Waals surface area contributed by atoms with Crippen molar-refractivity contribution < 1.29 is 27.9 Å². The van der Waals surface area contributed by atoms with E-state index in [9.17, 15) is 23.2 Å². The van der Waals surface area contributed by atoms with E-state index < -0.39 is 35.5 Å². The van der Waals surface area contributed by atoms with Gasteiger partial charge in [-0.1, -0.05) is 0 Å². The number of carbonyl (C=O) groups excluding carboxylic acids is 3. The monoisotopic (exact) mass is 418 g/mol. The van der Waals surface area contributed by atoms with Gasteiger partial charge < -0.3 is 26.0 Å². The lowest BCUT2D eigenvalue weighted by molar-refractivity contribution is -0.120. The number of methoxy groups -OCH3 is 1. The lowest BCUT2D eigenvalue weighted by Gasteiger charge is -2.20. The maximum absolute atomic E-state index is 14.4. The Labute approximate surface area is 171 Å². The van der Waals surface area contributed by atoms with E-state index in [-0.39, 0.29) is 23.8 Å². The number of urea groups is 1. The van der Waals surface area contributed by atoms with Gasteiger partial charge in [0.25, 0.3) is 5.91 Å². The number of hydrogen-bond acceptors (Lipinski definition) is 4. The van der Waals surface area contributed by atoms with Crippen molar-refractivity contribution in [1.29, 1.82) is 0 Å². The molecule has 0 aliphatic carbocycles. The predicted molar refractivity (Wildman–Crippen MR) is 104 cm³/mol. The van der Waals surface area contributed by atoms with Crippen LogP contribution in [0.25, 0.3) is 0 Å². The van der Waals surface area contributed by atoms with Crippen LogP contribution in [-0.4, -0.2) is 44.6 Å². The van der Waals surface area contributed by atoms with Gasteiger partial charge >= 0.3 is 6.03 Å². The molecule has 1 fully saturated rings. The van der Waals surface area contributed by atoms with Crippen LogP contribution in [0.5, 0.6) is 5.75 Å². The maximum Gasteiger partial charge on any atom is 0.319 e. The zero-order valence-corrected chi connectivity index (χ0v) is 16.2. The molecule has 0 bridgehead atoms. The SMILES string of the molecule is CNC(=O)c1ccc(NC(=O)N[C@@H]2C(=O)NC[C@H]2c2c(F)cc(OC)cc2F)cc1. The van der Waals surface area contributed by atoms with E-state index in [4.69, 9.17) is 4.74 Å². The topological polar surface area (TPSA) is 109 Å². The van der Waals surface area contributed by atoms with Crippen LogP contribution in [0.1, 0.15) is 21.8 Å². The molecular weight excluding hydrogens is 398 g/mol. The highest BCUT2D eigenvalue weighted by molar-refractivity contribution is 5.97. The first-order valence-electron chi connectivity index (χ1n) is 9.04. The third-order valence-corrected chi connectivity index (χ3v) is 4.76. The van der Waals surface area contributed by atoms with Gasteiger partial charge in [-0.15, -0.1) is 0 Å². The summed E-state index contributed by atoms with van der Waals surface area (Å²) in [5.74, 6) is -3.51. The number of nitrogens with one attached hydrogen (secondary N) is 4. The van der Waals surface area contributed by atoms with Crippen molar-refractivity contribution in [3.8, 4) is 5.75 Å². The highest BCUT2D eigenvalue weighted by atomic mass is 19.1. The van der Waals surface area contributed by atoms with Gasteiger partial charge in [0.05, 0.1) is 7.11 Å². The van der Waals surface area contributed by atoms with Crippen LogP contribution >= 0.6 is 0 Å². The van der Waals surface area contributed by atoms with Gasteiger partial charge in [-0.25, -0.2) is 13.6 Å². The lowest BCUT2D eigenvalue weighted by atomic mass is 9.93. The molecule has 3 rings (SSSR count). The fourth-order valence-corrected chi connectivity index (χ4v) is 3.25. The molecule has 0 saturated carbocycles. The molecule has 0 aromatic heterocycles. The van der Waals surface area contributed by atoms with Crippen LogP contribution < -0.4 is 26.0 Å². The predicted octanol–water partition coefficient (Wildman–Crippen LogP) is 1.74. The fourth-order valence-electron chi connectivity index (χ4n) is 3.25. The number of benzene rings is 2. The molecule has 158 valence electrons. The molecule has 4 amide bonds. The first-order valence-corrected chi connectivity index (χ1v) is 9.04. The van der Waals surface area contributed by atoms with E-state index in [2.05, 4.69) is 21.3 Å². The van der Waals surface area contributed by atoms with Crippen molar-refractivity contribution in [2.75, 3.05) is 26.0 Å². The van der Waals surface area contributed by atoms with Gasteiger partial charge in [-0.2, -0.15) is 0 Å². The van der Waals surface area contributed by atoms with Crippen LogP contribution in [0.2, 0.25) is 0 Å². The molecule has 2 aromatic carbocycles. The maximum atomic E-state index is 14.4. The Morgan fingerprint density at radius 3 is 2.33 bits per heavy atom. The molecule has 2 aromatic rings. The summed E-state index contributed by atoms with van der Waals surface area (Å²) >= 11 is 0. The third kappa shape index (κ3) is 4.32. The van der Waals surface area contributed by atoms with Crippen molar-refractivity contribution >= 4 is 23.5 Å². The first-order chi connectivity index (χ1) is 14.3. The zero-order valence-electron chi connectivity index (χ0n) is 16.2. The first kappa shape index (κ1) is 21.0. The van der Waals surface area contributed by atoms with Gasteiger partial charge in [0.1, 0.15) is 23.4 Å². The van der Waals surface area contributed by atoms with Crippen LogP contribution in [-0.2, 0) is 4.79 Å². The van der Waals surface area contributed by atoms with Crippen LogP contribution in [0.15, 0.2) is 36.4 Å². The second kappa shape index (κ2) is 8.76. The summed E-state index contributed by atoms with van der Waals surface area (Å²) in [5, 5.41) is 9.96. The number of amides is 4. The average Bonchev–Trinajstić information content (AvgIpc) is 3.07. The number of halogens is 2. The molecule has 1 heterocycles. The Balaban J connectivity index is 1.74. The smallest absolute Gasteiger partial charge is 0.319 e. The molecule has 0 radical (unpaired) electrons. The van der Waals surface area contributed by atoms with Crippen molar-refractivity contribution in [1.82, 2.24) is 16.0 Å². The number of hydrogen-bond donors (Lipinski definition) is 4. The largest absolute Gasteiger partial charge is 0.497 e. The van der Waals surface area contributed by atoms with Gasteiger partial charge in [0, 0.05) is 48.5 Å². The van der Waals surface area contributed by atoms with E-state index in [1.165, 1.54) is 38.4 Å². The Kier molecular flexibility index (Phi) is 6.14. The average molecular weight is 418 g/mol. The molecule has 1 saturated heterocycles. The number of ether oxygens (including phenoxy) is 1. The fraction of sp³-hybridized carbons (Fsp3) is 0.250. The Bertz CT molecular complexity index is 958. The van der Waals surface area contributed by atoms with Crippen LogP contribution in [0, 0.1) is 11.6 Å². The quantitative estimate of drug-likeness (QED) is 0.593. The molecule has 10 heteroatoms. The summed E-state index contributed by atoms with van der Waals surface area (Å²) in [7, 11) is 2.78. The van der Waals surface area contributed by atoms with Gasteiger partial charge in [-0.3, -0.25) is 9.59 Å². The molecule has 8 nitrogen and oxygen atoms in total. The molecule has 1 aliphatic rings. The molecule has 1 aliphatic heterocycles.